The predicted molar refractivity (Wildman–Crippen MR) is 124 cm³/mol. The molecule has 2 aromatic rings. The first-order chi connectivity index (χ1) is 15.1. The molecule has 0 radical (unpaired) electrons. The molecule has 0 aromatic heterocycles. The first kappa shape index (κ1) is 21.6. The minimum absolute atomic E-state index is 0.00826. The predicted octanol–water partition coefficient (Wildman–Crippen LogP) is 4.09. The van der Waals surface area contributed by atoms with Gasteiger partial charge < -0.3 is 10.6 Å². The van der Waals surface area contributed by atoms with E-state index in [1.54, 1.807) is 0 Å². The van der Waals surface area contributed by atoms with Gasteiger partial charge in [0.1, 0.15) is 0 Å². The van der Waals surface area contributed by atoms with Crippen molar-refractivity contribution in [1.29, 1.82) is 0 Å². The lowest BCUT2D eigenvalue weighted by Gasteiger charge is -2.31. The SMILES string of the molecule is C[C@H](NC(=O)CN1CCC(C(=O)Nc2ccccc2)CC1)c1ccc2c(c1)CCCC2. The van der Waals surface area contributed by atoms with E-state index >= 15 is 0 Å². The number of para-hydroxylation sites is 1. The molecular formula is C26H33N3O2. The molecule has 31 heavy (non-hydrogen) atoms. The van der Waals surface area contributed by atoms with E-state index < -0.39 is 0 Å². The van der Waals surface area contributed by atoms with Crippen LogP contribution in [0.5, 0.6) is 0 Å². The number of fused-ring (bicyclic) bond motifs is 1. The molecule has 0 spiro atoms. The molecule has 5 heteroatoms. The fourth-order valence-electron chi connectivity index (χ4n) is 4.72. The van der Waals surface area contributed by atoms with Crippen molar-refractivity contribution in [2.45, 2.75) is 51.5 Å². The molecule has 1 heterocycles. The molecule has 2 N–H and O–H groups in total. The zero-order valence-corrected chi connectivity index (χ0v) is 18.4. The summed E-state index contributed by atoms with van der Waals surface area (Å²) in [7, 11) is 0. The monoisotopic (exact) mass is 419 g/mol. The van der Waals surface area contributed by atoms with E-state index in [0.29, 0.717) is 6.54 Å². The number of amides is 2. The van der Waals surface area contributed by atoms with E-state index in [0.717, 1.165) is 38.0 Å². The third-order valence-electron chi connectivity index (χ3n) is 6.62. The van der Waals surface area contributed by atoms with Crippen molar-refractivity contribution in [2.75, 3.05) is 25.0 Å². The number of hydrogen-bond donors (Lipinski definition) is 2. The van der Waals surface area contributed by atoms with Crippen LogP contribution in [-0.4, -0.2) is 36.3 Å². The fraction of sp³-hybridized carbons (Fsp3) is 0.462. The standard InChI is InChI=1S/C26H33N3O2/c1-19(22-12-11-20-7-5-6-8-23(20)17-22)27-25(30)18-29-15-13-21(14-16-29)26(31)28-24-9-3-2-4-10-24/h2-4,9-12,17,19,21H,5-8,13-16,18H2,1H3,(H,27,30)(H,28,31)/t19-/m0/s1. The van der Waals surface area contributed by atoms with Gasteiger partial charge in [0.25, 0.3) is 0 Å². The number of aryl methyl sites for hydroxylation is 2. The van der Waals surface area contributed by atoms with Gasteiger partial charge in [-0.1, -0.05) is 36.4 Å². The zero-order chi connectivity index (χ0) is 21.6. The Labute approximate surface area is 185 Å². The van der Waals surface area contributed by atoms with Gasteiger partial charge in [-0.3, -0.25) is 14.5 Å². The van der Waals surface area contributed by atoms with Gasteiger partial charge in [0.2, 0.25) is 11.8 Å². The second-order valence-electron chi connectivity index (χ2n) is 8.93. The number of nitrogens with one attached hydrogen (secondary N) is 2. The van der Waals surface area contributed by atoms with Gasteiger partial charge in [-0.05, 0) is 87.4 Å². The molecule has 1 atom stereocenters. The van der Waals surface area contributed by atoms with Crippen LogP contribution < -0.4 is 10.6 Å². The van der Waals surface area contributed by atoms with E-state index in [1.165, 1.54) is 36.0 Å². The molecule has 2 aromatic carbocycles. The second kappa shape index (κ2) is 10.1. The highest BCUT2D eigenvalue weighted by molar-refractivity contribution is 5.92. The Morgan fingerprint density at radius 2 is 1.71 bits per heavy atom. The van der Waals surface area contributed by atoms with E-state index in [1.807, 2.05) is 30.3 Å². The molecule has 5 nitrogen and oxygen atoms in total. The Balaban J connectivity index is 1.22. The molecule has 1 aliphatic heterocycles. The van der Waals surface area contributed by atoms with E-state index in [9.17, 15) is 9.59 Å². The number of rotatable bonds is 6. The van der Waals surface area contributed by atoms with Gasteiger partial charge in [0.15, 0.2) is 0 Å². The van der Waals surface area contributed by atoms with Crippen LogP contribution >= 0.6 is 0 Å². The van der Waals surface area contributed by atoms with Crippen molar-refractivity contribution in [3.8, 4) is 0 Å². The smallest absolute Gasteiger partial charge is 0.234 e. The summed E-state index contributed by atoms with van der Waals surface area (Å²) in [6, 6.07) is 16.3. The van der Waals surface area contributed by atoms with Crippen LogP contribution in [0.25, 0.3) is 0 Å². The molecule has 4 rings (SSSR count). The van der Waals surface area contributed by atoms with Crippen molar-refractivity contribution in [1.82, 2.24) is 10.2 Å². The summed E-state index contributed by atoms with van der Waals surface area (Å²) in [5.41, 5.74) is 4.93. The topological polar surface area (TPSA) is 61.4 Å². The maximum Gasteiger partial charge on any atom is 0.234 e. The van der Waals surface area contributed by atoms with Gasteiger partial charge >= 0.3 is 0 Å². The molecule has 2 aliphatic rings. The summed E-state index contributed by atoms with van der Waals surface area (Å²) in [6.07, 6.45) is 6.44. The van der Waals surface area contributed by atoms with Gasteiger partial charge in [0.05, 0.1) is 12.6 Å². The largest absolute Gasteiger partial charge is 0.348 e. The number of hydrogen-bond acceptors (Lipinski definition) is 3. The van der Waals surface area contributed by atoms with Crippen LogP contribution in [0.15, 0.2) is 48.5 Å². The number of carbonyl (C=O) groups excluding carboxylic acids is 2. The third-order valence-corrected chi connectivity index (χ3v) is 6.62. The summed E-state index contributed by atoms with van der Waals surface area (Å²) in [6.45, 7) is 3.99. The Kier molecular flexibility index (Phi) is 7.03. The van der Waals surface area contributed by atoms with Crippen LogP contribution in [0.4, 0.5) is 5.69 Å². The molecule has 0 bridgehead atoms. The van der Waals surface area contributed by atoms with Crippen molar-refractivity contribution >= 4 is 17.5 Å². The second-order valence-corrected chi connectivity index (χ2v) is 8.93. The molecule has 2 amide bonds. The average molecular weight is 420 g/mol. The van der Waals surface area contributed by atoms with E-state index in [2.05, 4.69) is 40.7 Å². The number of likely N-dealkylation sites (tertiary alicyclic amines) is 1. The number of anilines is 1. The van der Waals surface area contributed by atoms with Gasteiger partial charge in [-0.2, -0.15) is 0 Å². The lowest BCUT2D eigenvalue weighted by Crippen LogP contribution is -2.43. The quantitative estimate of drug-likeness (QED) is 0.741. The van der Waals surface area contributed by atoms with Crippen LogP contribution in [0, 0.1) is 5.92 Å². The van der Waals surface area contributed by atoms with Gasteiger partial charge in [-0.15, -0.1) is 0 Å². The highest BCUT2D eigenvalue weighted by Crippen LogP contribution is 2.25. The third kappa shape index (κ3) is 5.73. The van der Waals surface area contributed by atoms with E-state index in [-0.39, 0.29) is 23.8 Å². The first-order valence-corrected chi connectivity index (χ1v) is 11.6. The Morgan fingerprint density at radius 3 is 2.45 bits per heavy atom. The molecule has 1 aliphatic carbocycles. The lowest BCUT2D eigenvalue weighted by atomic mass is 9.89. The Morgan fingerprint density at radius 1 is 1.00 bits per heavy atom. The highest BCUT2D eigenvalue weighted by Gasteiger charge is 2.26. The van der Waals surface area contributed by atoms with Gasteiger partial charge in [0, 0.05) is 11.6 Å². The van der Waals surface area contributed by atoms with Crippen LogP contribution in [0.3, 0.4) is 0 Å². The molecule has 1 saturated heterocycles. The van der Waals surface area contributed by atoms with Crippen LogP contribution in [0.1, 0.15) is 55.3 Å². The fourth-order valence-corrected chi connectivity index (χ4v) is 4.72. The maximum atomic E-state index is 12.6. The average Bonchev–Trinajstić information content (AvgIpc) is 2.79. The molecule has 0 unspecified atom stereocenters. The Hall–Kier alpha value is -2.66. The number of carbonyl (C=O) groups is 2. The lowest BCUT2D eigenvalue weighted by molar-refractivity contribution is -0.124. The summed E-state index contributed by atoms with van der Waals surface area (Å²) in [4.78, 5) is 27.3. The van der Waals surface area contributed by atoms with Gasteiger partial charge in [-0.25, -0.2) is 0 Å². The Bertz CT molecular complexity index is 904. The summed E-state index contributed by atoms with van der Waals surface area (Å²) in [5, 5.41) is 6.15. The normalized spacial score (nSPS) is 18.1. The summed E-state index contributed by atoms with van der Waals surface area (Å²) < 4.78 is 0. The zero-order valence-electron chi connectivity index (χ0n) is 18.4. The van der Waals surface area contributed by atoms with Crippen molar-refractivity contribution in [3.05, 3.63) is 65.2 Å². The maximum absolute atomic E-state index is 12.6. The highest BCUT2D eigenvalue weighted by atomic mass is 16.2. The molecule has 1 fully saturated rings. The summed E-state index contributed by atoms with van der Waals surface area (Å²) in [5.74, 6) is 0.141. The van der Waals surface area contributed by atoms with Crippen molar-refractivity contribution in [2.24, 2.45) is 5.92 Å². The van der Waals surface area contributed by atoms with Crippen LogP contribution in [-0.2, 0) is 22.4 Å². The van der Waals surface area contributed by atoms with Crippen molar-refractivity contribution < 1.29 is 9.59 Å². The van der Waals surface area contributed by atoms with Crippen molar-refractivity contribution in [3.63, 3.8) is 0 Å². The summed E-state index contributed by atoms with van der Waals surface area (Å²) >= 11 is 0. The molecule has 0 saturated carbocycles. The minimum atomic E-state index is 0.00826. The molecule has 164 valence electrons. The first-order valence-electron chi connectivity index (χ1n) is 11.6. The van der Waals surface area contributed by atoms with Crippen LogP contribution in [0.2, 0.25) is 0 Å². The van der Waals surface area contributed by atoms with E-state index in [4.69, 9.17) is 0 Å². The minimum Gasteiger partial charge on any atom is -0.348 e. The number of piperidine rings is 1. The molecular weight excluding hydrogens is 386 g/mol. The number of nitrogens with zero attached hydrogens (tertiary/aromatic N) is 1. The number of benzene rings is 2.